The third kappa shape index (κ3) is 3.06. The van der Waals surface area contributed by atoms with Crippen molar-refractivity contribution in [2.45, 2.75) is 12.2 Å². The first kappa shape index (κ1) is 13.9. The van der Waals surface area contributed by atoms with Crippen molar-refractivity contribution < 1.29 is 13.2 Å². The molecule has 102 valence electrons. The lowest BCUT2D eigenvalue weighted by Crippen LogP contribution is -2.29. The minimum Gasteiger partial charge on any atom is -0.355 e. The Morgan fingerprint density at radius 3 is 2.40 bits per heavy atom. The Hall–Kier alpha value is -2.55. The maximum atomic E-state index is 13.2. The van der Waals surface area contributed by atoms with Gasteiger partial charge in [0.1, 0.15) is 5.82 Å². The molecule has 6 heteroatoms. The minimum atomic E-state index is -4.54. The number of nitrogens with one attached hydrogen (secondary N) is 1. The second kappa shape index (κ2) is 5.61. The molecule has 1 aromatic heterocycles. The normalized spacial score (nSPS) is 12.5. The zero-order valence-electron chi connectivity index (χ0n) is 10.2. The van der Waals surface area contributed by atoms with Crippen LogP contribution in [0.3, 0.4) is 0 Å². The number of nitriles is 1. The standard InChI is InChI=1S/C14H10F3N3/c15-14(16,17)13(20-12-7-3-4-8-19-12)11-6-2-1-5-10(11)9-18/h1-8,13H,(H,19,20). The van der Waals surface area contributed by atoms with E-state index >= 15 is 0 Å². The van der Waals surface area contributed by atoms with Gasteiger partial charge in [0, 0.05) is 11.8 Å². The van der Waals surface area contributed by atoms with Gasteiger partial charge in [-0.05, 0) is 18.2 Å². The summed E-state index contributed by atoms with van der Waals surface area (Å²) < 4.78 is 39.6. The number of rotatable bonds is 3. The summed E-state index contributed by atoms with van der Waals surface area (Å²) in [6, 6.07) is 10.1. The van der Waals surface area contributed by atoms with Crippen molar-refractivity contribution in [3.05, 3.63) is 59.8 Å². The van der Waals surface area contributed by atoms with Crippen LogP contribution in [0.2, 0.25) is 0 Å². The molecule has 0 fully saturated rings. The van der Waals surface area contributed by atoms with Crippen molar-refractivity contribution in [3.8, 4) is 6.07 Å². The average molecular weight is 277 g/mol. The van der Waals surface area contributed by atoms with Crippen LogP contribution in [0.4, 0.5) is 19.0 Å². The van der Waals surface area contributed by atoms with Crippen LogP contribution >= 0.6 is 0 Å². The lowest BCUT2D eigenvalue weighted by molar-refractivity contribution is -0.144. The molecule has 0 amide bonds. The molecule has 1 aromatic carbocycles. The highest BCUT2D eigenvalue weighted by Crippen LogP contribution is 2.36. The fourth-order valence-electron chi connectivity index (χ4n) is 1.78. The van der Waals surface area contributed by atoms with E-state index < -0.39 is 12.2 Å². The monoisotopic (exact) mass is 277 g/mol. The van der Waals surface area contributed by atoms with E-state index in [1.54, 1.807) is 18.2 Å². The molecular formula is C14H10F3N3. The molecule has 0 radical (unpaired) electrons. The zero-order valence-corrected chi connectivity index (χ0v) is 10.2. The van der Waals surface area contributed by atoms with Gasteiger partial charge in [-0.3, -0.25) is 0 Å². The molecule has 0 saturated heterocycles. The van der Waals surface area contributed by atoms with Crippen LogP contribution in [0.5, 0.6) is 0 Å². The quantitative estimate of drug-likeness (QED) is 0.931. The molecule has 0 aliphatic heterocycles. The summed E-state index contributed by atoms with van der Waals surface area (Å²) in [6.45, 7) is 0. The fraction of sp³-hybridized carbons (Fsp3) is 0.143. The summed E-state index contributed by atoms with van der Waals surface area (Å²) in [6.07, 6.45) is -3.14. The topological polar surface area (TPSA) is 48.7 Å². The molecular weight excluding hydrogens is 267 g/mol. The summed E-state index contributed by atoms with van der Waals surface area (Å²) in [4.78, 5) is 3.82. The van der Waals surface area contributed by atoms with Gasteiger partial charge in [0.2, 0.25) is 0 Å². The van der Waals surface area contributed by atoms with Gasteiger partial charge in [0.15, 0.2) is 6.04 Å². The molecule has 20 heavy (non-hydrogen) atoms. The van der Waals surface area contributed by atoms with Gasteiger partial charge in [-0.2, -0.15) is 18.4 Å². The number of alkyl halides is 3. The molecule has 3 nitrogen and oxygen atoms in total. The molecule has 2 rings (SSSR count). The van der Waals surface area contributed by atoms with Crippen LogP contribution in [-0.2, 0) is 0 Å². The van der Waals surface area contributed by atoms with E-state index in [1.807, 2.05) is 0 Å². The van der Waals surface area contributed by atoms with E-state index in [1.165, 1.54) is 36.5 Å². The maximum Gasteiger partial charge on any atom is 0.412 e. The number of hydrogen-bond acceptors (Lipinski definition) is 3. The van der Waals surface area contributed by atoms with Gasteiger partial charge in [-0.15, -0.1) is 0 Å². The summed E-state index contributed by atoms with van der Waals surface area (Å²) >= 11 is 0. The van der Waals surface area contributed by atoms with Crippen LogP contribution in [0.1, 0.15) is 17.2 Å². The molecule has 0 spiro atoms. The number of halogens is 3. The highest BCUT2D eigenvalue weighted by molar-refractivity contribution is 5.45. The first-order valence-corrected chi connectivity index (χ1v) is 5.75. The van der Waals surface area contributed by atoms with Crippen molar-refractivity contribution in [2.24, 2.45) is 0 Å². The number of benzene rings is 1. The summed E-state index contributed by atoms with van der Waals surface area (Å²) in [7, 11) is 0. The lowest BCUT2D eigenvalue weighted by atomic mass is 10.0. The minimum absolute atomic E-state index is 0.0155. The zero-order chi connectivity index (χ0) is 14.6. The SMILES string of the molecule is N#Cc1ccccc1C(Nc1ccccn1)C(F)(F)F. The number of aromatic nitrogens is 1. The lowest BCUT2D eigenvalue weighted by Gasteiger charge is -2.23. The highest BCUT2D eigenvalue weighted by Gasteiger charge is 2.42. The number of anilines is 1. The van der Waals surface area contributed by atoms with Crippen molar-refractivity contribution in [3.63, 3.8) is 0 Å². The van der Waals surface area contributed by atoms with E-state index in [9.17, 15) is 13.2 Å². The van der Waals surface area contributed by atoms with Crippen LogP contribution in [-0.4, -0.2) is 11.2 Å². The van der Waals surface area contributed by atoms with E-state index in [2.05, 4.69) is 10.3 Å². The second-order valence-corrected chi connectivity index (χ2v) is 4.03. The highest BCUT2D eigenvalue weighted by atomic mass is 19.4. The molecule has 0 aliphatic carbocycles. The van der Waals surface area contributed by atoms with Gasteiger partial charge < -0.3 is 5.32 Å². The summed E-state index contributed by atoms with van der Waals surface area (Å²) in [5.41, 5.74) is -0.133. The van der Waals surface area contributed by atoms with E-state index in [0.717, 1.165) is 0 Å². The first-order chi connectivity index (χ1) is 9.52. The molecule has 1 unspecified atom stereocenters. The Kier molecular flexibility index (Phi) is 3.89. The maximum absolute atomic E-state index is 13.2. The Morgan fingerprint density at radius 1 is 1.10 bits per heavy atom. The van der Waals surface area contributed by atoms with Crippen molar-refractivity contribution >= 4 is 5.82 Å². The molecule has 2 aromatic rings. The molecule has 1 heterocycles. The van der Waals surface area contributed by atoms with Gasteiger partial charge in [0.05, 0.1) is 11.6 Å². The Labute approximate surface area is 113 Å². The predicted octanol–water partition coefficient (Wildman–Crippen LogP) is 3.67. The van der Waals surface area contributed by atoms with Crippen molar-refractivity contribution in [1.82, 2.24) is 4.98 Å². The largest absolute Gasteiger partial charge is 0.412 e. The van der Waals surface area contributed by atoms with Crippen LogP contribution in [0.15, 0.2) is 48.7 Å². The Bertz CT molecular complexity index is 618. The van der Waals surface area contributed by atoms with Crippen LogP contribution < -0.4 is 5.32 Å². The first-order valence-electron chi connectivity index (χ1n) is 5.75. The van der Waals surface area contributed by atoms with Gasteiger partial charge in [0.25, 0.3) is 0 Å². The number of nitrogens with zero attached hydrogens (tertiary/aromatic N) is 2. The van der Waals surface area contributed by atoms with Gasteiger partial charge in [-0.1, -0.05) is 24.3 Å². The van der Waals surface area contributed by atoms with Gasteiger partial charge >= 0.3 is 6.18 Å². The molecule has 1 atom stereocenters. The average Bonchev–Trinajstić information content (AvgIpc) is 2.45. The Balaban J connectivity index is 2.42. The van der Waals surface area contributed by atoms with Gasteiger partial charge in [-0.25, -0.2) is 4.98 Å². The summed E-state index contributed by atoms with van der Waals surface area (Å²) in [5, 5.41) is 11.3. The third-order valence-corrected chi connectivity index (χ3v) is 2.68. The van der Waals surface area contributed by atoms with E-state index in [-0.39, 0.29) is 16.9 Å². The fourth-order valence-corrected chi connectivity index (χ4v) is 1.78. The van der Waals surface area contributed by atoms with E-state index in [4.69, 9.17) is 5.26 Å². The molecule has 0 aliphatic rings. The summed E-state index contributed by atoms with van der Waals surface area (Å²) in [5.74, 6) is 0.0996. The smallest absolute Gasteiger partial charge is 0.355 e. The number of hydrogen-bond donors (Lipinski definition) is 1. The second-order valence-electron chi connectivity index (χ2n) is 4.03. The Morgan fingerprint density at radius 2 is 1.80 bits per heavy atom. The third-order valence-electron chi connectivity index (χ3n) is 2.68. The molecule has 0 saturated carbocycles. The molecule has 0 bridgehead atoms. The van der Waals surface area contributed by atoms with Crippen LogP contribution in [0, 0.1) is 11.3 Å². The molecule has 1 N–H and O–H groups in total. The van der Waals surface area contributed by atoms with E-state index in [0.29, 0.717) is 0 Å². The van der Waals surface area contributed by atoms with Crippen molar-refractivity contribution in [1.29, 1.82) is 5.26 Å². The predicted molar refractivity (Wildman–Crippen MR) is 67.8 cm³/mol. The van der Waals surface area contributed by atoms with Crippen LogP contribution in [0.25, 0.3) is 0 Å². The number of pyridine rings is 1. The van der Waals surface area contributed by atoms with Crippen molar-refractivity contribution in [2.75, 3.05) is 5.32 Å².